The van der Waals surface area contributed by atoms with Crippen molar-refractivity contribution in [3.05, 3.63) is 35.4 Å². The average Bonchev–Trinajstić information content (AvgIpc) is 2.57. The number of urea groups is 1. The maximum atomic E-state index is 10.6. The second kappa shape index (κ2) is 6.40. The van der Waals surface area contributed by atoms with Crippen molar-refractivity contribution >= 4 is 6.03 Å². The molecule has 4 N–H and O–H groups in total. The summed E-state index contributed by atoms with van der Waals surface area (Å²) < 4.78 is 0. The number of rotatable bonds is 4. The molecule has 4 heteroatoms. The molecular weight excluding hydrogens is 226 g/mol. The minimum Gasteiger partial charge on any atom is -0.352 e. The third kappa shape index (κ3) is 3.47. The lowest BCUT2D eigenvalue weighted by molar-refractivity contribution is 0.248. The van der Waals surface area contributed by atoms with Gasteiger partial charge in [0, 0.05) is 19.1 Å². The molecule has 2 rings (SSSR count). The molecule has 0 spiro atoms. The van der Waals surface area contributed by atoms with Crippen LogP contribution in [-0.2, 0) is 6.42 Å². The third-order valence-corrected chi connectivity index (χ3v) is 3.43. The Labute approximate surface area is 108 Å². The normalized spacial score (nSPS) is 18.8. The van der Waals surface area contributed by atoms with Crippen LogP contribution in [-0.4, -0.2) is 19.1 Å². The summed E-state index contributed by atoms with van der Waals surface area (Å²) in [6, 6.07) is 8.57. The Bertz CT molecular complexity index is 406. The Kier molecular flexibility index (Phi) is 4.59. The minimum atomic E-state index is -0.460. The third-order valence-electron chi connectivity index (χ3n) is 3.43. The molecule has 0 aliphatic heterocycles. The van der Waals surface area contributed by atoms with Gasteiger partial charge in [-0.15, -0.1) is 0 Å². The van der Waals surface area contributed by atoms with Crippen LogP contribution < -0.4 is 16.4 Å². The van der Waals surface area contributed by atoms with Gasteiger partial charge in [0.25, 0.3) is 0 Å². The molecule has 0 bridgehead atoms. The van der Waals surface area contributed by atoms with Crippen LogP contribution >= 0.6 is 0 Å². The van der Waals surface area contributed by atoms with Gasteiger partial charge >= 0.3 is 6.03 Å². The highest BCUT2D eigenvalue weighted by Gasteiger charge is 2.17. The number of nitrogens with one attached hydrogen (secondary N) is 2. The quantitative estimate of drug-likeness (QED) is 0.560. The van der Waals surface area contributed by atoms with Crippen LogP contribution in [0.15, 0.2) is 24.3 Å². The van der Waals surface area contributed by atoms with Gasteiger partial charge in [0.15, 0.2) is 0 Å². The number of aryl methyl sites for hydroxylation is 1. The molecule has 4 nitrogen and oxygen atoms in total. The highest BCUT2D eigenvalue weighted by Crippen LogP contribution is 2.28. The maximum absolute atomic E-state index is 10.6. The molecule has 0 radical (unpaired) electrons. The molecule has 1 atom stereocenters. The zero-order chi connectivity index (χ0) is 12.8. The second-order valence-corrected chi connectivity index (χ2v) is 4.74. The van der Waals surface area contributed by atoms with Gasteiger partial charge in [-0.3, -0.25) is 0 Å². The zero-order valence-corrected chi connectivity index (χ0v) is 10.6. The second-order valence-electron chi connectivity index (χ2n) is 4.74. The summed E-state index contributed by atoms with van der Waals surface area (Å²) >= 11 is 0. The summed E-state index contributed by atoms with van der Waals surface area (Å²) in [5.41, 5.74) is 7.90. The standard InChI is InChI=1S/C14H21N3O/c15-14(18)17-10-9-16-13-8-4-2-6-11-5-1-3-7-12(11)13/h1,3,5,7,13,16H,2,4,6,8-10H2,(H3,15,17,18). The Morgan fingerprint density at radius 1 is 1.28 bits per heavy atom. The largest absolute Gasteiger partial charge is 0.352 e. The topological polar surface area (TPSA) is 67.2 Å². The minimum absolute atomic E-state index is 0.401. The van der Waals surface area contributed by atoms with Crippen molar-refractivity contribution in [2.75, 3.05) is 13.1 Å². The number of carbonyl (C=O) groups excluding carboxylic acids is 1. The summed E-state index contributed by atoms with van der Waals surface area (Å²) in [7, 11) is 0. The lowest BCUT2D eigenvalue weighted by Gasteiger charge is -2.19. The Balaban J connectivity index is 1.93. The van der Waals surface area contributed by atoms with Crippen LogP contribution in [0.5, 0.6) is 0 Å². The SMILES string of the molecule is NC(=O)NCCNC1CCCCc2ccccc21. The molecule has 18 heavy (non-hydrogen) atoms. The van der Waals surface area contributed by atoms with Crippen LogP contribution in [0.3, 0.4) is 0 Å². The van der Waals surface area contributed by atoms with Crippen molar-refractivity contribution in [3.8, 4) is 0 Å². The van der Waals surface area contributed by atoms with Crippen LogP contribution in [0.25, 0.3) is 0 Å². The van der Waals surface area contributed by atoms with Gasteiger partial charge in [0.05, 0.1) is 0 Å². The summed E-state index contributed by atoms with van der Waals surface area (Å²) in [4.78, 5) is 10.6. The highest BCUT2D eigenvalue weighted by molar-refractivity contribution is 5.71. The molecule has 1 unspecified atom stereocenters. The van der Waals surface area contributed by atoms with Gasteiger partial charge in [-0.2, -0.15) is 0 Å². The molecule has 0 saturated carbocycles. The highest BCUT2D eigenvalue weighted by atomic mass is 16.2. The van der Waals surface area contributed by atoms with E-state index < -0.39 is 6.03 Å². The van der Waals surface area contributed by atoms with Crippen LogP contribution in [0, 0.1) is 0 Å². The number of primary amides is 1. The molecule has 1 aliphatic rings. The predicted octanol–water partition coefficient (Wildman–Crippen LogP) is 1.71. The molecule has 1 aromatic rings. The molecule has 1 aromatic carbocycles. The summed E-state index contributed by atoms with van der Waals surface area (Å²) in [6.07, 6.45) is 4.84. The van der Waals surface area contributed by atoms with Crippen LogP contribution in [0.4, 0.5) is 4.79 Å². The maximum Gasteiger partial charge on any atom is 0.312 e. The first kappa shape index (κ1) is 12.9. The van der Waals surface area contributed by atoms with E-state index in [4.69, 9.17) is 5.73 Å². The molecule has 98 valence electrons. The van der Waals surface area contributed by atoms with Crippen molar-refractivity contribution < 1.29 is 4.79 Å². The van der Waals surface area contributed by atoms with Gasteiger partial charge in [-0.25, -0.2) is 4.79 Å². The van der Waals surface area contributed by atoms with E-state index in [0.29, 0.717) is 12.6 Å². The number of amides is 2. The van der Waals surface area contributed by atoms with E-state index in [0.717, 1.165) is 13.0 Å². The van der Waals surface area contributed by atoms with E-state index in [1.165, 1.54) is 30.4 Å². The fraction of sp³-hybridized carbons (Fsp3) is 0.500. The van der Waals surface area contributed by atoms with Crippen molar-refractivity contribution in [2.45, 2.75) is 31.7 Å². The summed E-state index contributed by atoms with van der Waals surface area (Å²) in [5, 5.41) is 6.10. The lowest BCUT2D eigenvalue weighted by Crippen LogP contribution is -2.36. The molecule has 0 aromatic heterocycles. The lowest BCUT2D eigenvalue weighted by atomic mass is 9.99. The van der Waals surface area contributed by atoms with E-state index in [-0.39, 0.29) is 0 Å². The van der Waals surface area contributed by atoms with Crippen molar-refractivity contribution in [3.63, 3.8) is 0 Å². The van der Waals surface area contributed by atoms with E-state index in [1.54, 1.807) is 0 Å². The summed E-state index contributed by atoms with van der Waals surface area (Å²) in [6.45, 7) is 1.33. The van der Waals surface area contributed by atoms with Crippen LogP contribution in [0.2, 0.25) is 0 Å². The van der Waals surface area contributed by atoms with Gasteiger partial charge in [0.2, 0.25) is 0 Å². The Morgan fingerprint density at radius 2 is 2.11 bits per heavy atom. The number of nitrogens with two attached hydrogens (primary N) is 1. The fourth-order valence-corrected chi connectivity index (χ4v) is 2.57. The van der Waals surface area contributed by atoms with E-state index in [1.807, 2.05) is 0 Å². The first-order chi connectivity index (χ1) is 8.77. The molecule has 0 saturated heterocycles. The first-order valence-corrected chi connectivity index (χ1v) is 6.62. The smallest absolute Gasteiger partial charge is 0.312 e. The number of hydrogen-bond donors (Lipinski definition) is 3. The van der Waals surface area contributed by atoms with Gasteiger partial charge in [-0.1, -0.05) is 30.7 Å². The van der Waals surface area contributed by atoms with E-state index in [2.05, 4.69) is 34.9 Å². The van der Waals surface area contributed by atoms with Crippen molar-refractivity contribution in [1.82, 2.24) is 10.6 Å². The molecule has 0 heterocycles. The van der Waals surface area contributed by atoms with Gasteiger partial charge < -0.3 is 16.4 Å². The van der Waals surface area contributed by atoms with Crippen molar-refractivity contribution in [1.29, 1.82) is 0 Å². The molecule has 1 aliphatic carbocycles. The van der Waals surface area contributed by atoms with Crippen molar-refractivity contribution in [2.24, 2.45) is 5.73 Å². The number of benzene rings is 1. The number of carbonyl (C=O) groups is 1. The fourth-order valence-electron chi connectivity index (χ4n) is 2.57. The first-order valence-electron chi connectivity index (χ1n) is 6.62. The number of hydrogen-bond acceptors (Lipinski definition) is 2. The van der Waals surface area contributed by atoms with Gasteiger partial charge in [-0.05, 0) is 30.4 Å². The molecule has 2 amide bonds. The predicted molar refractivity (Wildman–Crippen MR) is 72.3 cm³/mol. The number of fused-ring (bicyclic) bond motifs is 1. The average molecular weight is 247 g/mol. The van der Waals surface area contributed by atoms with Crippen LogP contribution in [0.1, 0.15) is 36.4 Å². The van der Waals surface area contributed by atoms with E-state index >= 15 is 0 Å². The van der Waals surface area contributed by atoms with E-state index in [9.17, 15) is 4.79 Å². The molecule has 0 fully saturated rings. The molecular formula is C14H21N3O. The monoisotopic (exact) mass is 247 g/mol. The Hall–Kier alpha value is -1.55. The summed E-state index contributed by atoms with van der Waals surface area (Å²) in [5.74, 6) is 0. The van der Waals surface area contributed by atoms with Gasteiger partial charge in [0.1, 0.15) is 0 Å². The Morgan fingerprint density at radius 3 is 2.94 bits per heavy atom. The zero-order valence-electron chi connectivity index (χ0n) is 10.6.